The van der Waals surface area contributed by atoms with Crippen LogP contribution < -0.4 is 9.47 Å². The quantitative estimate of drug-likeness (QED) is 0.309. The summed E-state index contributed by atoms with van der Waals surface area (Å²) in [6.45, 7) is 3.77. The summed E-state index contributed by atoms with van der Waals surface area (Å²) < 4.78 is 11.4. The number of aryl methyl sites for hydroxylation is 1. The monoisotopic (exact) mass is 418 g/mol. The predicted molar refractivity (Wildman–Crippen MR) is 116 cm³/mol. The van der Waals surface area contributed by atoms with E-state index in [9.17, 15) is 9.59 Å². The van der Waals surface area contributed by atoms with Crippen molar-refractivity contribution in [3.8, 4) is 11.5 Å². The Hall–Kier alpha value is -3.37. The molecule has 1 aliphatic heterocycles. The lowest BCUT2D eigenvalue weighted by Crippen LogP contribution is -2.12. The second-order valence-electron chi connectivity index (χ2n) is 7.19. The van der Waals surface area contributed by atoms with E-state index in [0.717, 1.165) is 16.7 Å². The van der Waals surface area contributed by atoms with E-state index in [4.69, 9.17) is 21.1 Å². The molecule has 0 saturated heterocycles. The highest BCUT2D eigenvalue weighted by atomic mass is 35.5. The molecule has 0 spiro atoms. The van der Waals surface area contributed by atoms with Crippen LogP contribution in [0.15, 0.2) is 66.4 Å². The van der Waals surface area contributed by atoms with Crippen molar-refractivity contribution in [1.82, 2.24) is 0 Å². The van der Waals surface area contributed by atoms with Crippen LogP contribution in [-0.4, -0.2) is 11.8 Å². The Morgan fingerprint density at radius 2 is 1.70 bits per heavy atom. The molecule has 0 unspecified atom stereocenters. The van der Waals surface area contributed by atoms with Crippen molar-refractivity contribution in [3.63, 3.8) is 0 Å². The summed E-state index contributed by atoms with van der Waals surface area (Å²) in [5.41, 5.74) is 3.89. The smallest absolute Gasteiger partial charge is 0.315 e. The van der Waals surface area contributed by atoms with Gasteiger partial charge in [-0.2, -0.15) is 0 Å². The van der Waals surface area contributed by atoms with Crippen molar-refractivity contribution < 1.29 is 19.1 Å². The summed E-state index contributed by atoms with van der Waals surface area (Å²) in [7, 11) is 0. The Labute approximate surface area is 179 Å². The average Bonchev–Trinajstić information content (AvgIpc) is 3.04. The molecule has 0 atom stereocenters. The molecule has 0 fully saturated rings. The van der Waals surface area contributed by atoms with Crippen LogP contribution >= 0.6 is 11.6 Å². The molecule has 0 aromatic heterocycles. The van der Waals surface area contributed by atoms with Gasteiger partial charge in [0, 0.05) is 10.6 Å². The Morgan fingerprint density at radius 1 is 1.00 bits per heavy atom. The van der Waals surface area contributed by atoms with Crippen LogP contribution in [0.1, 0.15) is 32.6 Å². The second-order valence-corrected chi connectivity index (χ2v) is 7.63. The zero-order valence-corrected chi connectivity index (χ0v) is 17.3. The first-order chi connectivity index (χ1) is 14.4. The second kappa shape index (κ2) is 8.17. The number of fused-ring (bicyclic) bond motifs is 1. The van der Waals surface area contributed by atoms with Crippen LogP contribution in [0.4, 0.5) is 0 Å². The van der Waals surface area contributed by atoms with Crippen LogP contribution in [0.5, 0.6) is 11.5 Å². The zero-order chi connectivity index (χ0) is 21.3. The number of ether oxygens (including phenoxy) is 2. The molecule has 150 valence electrons. The third-order valence-electron chi connectivity index (χ3n) is 4.90. The fraction of sp³-hybridized carbons (Fsp3) is 0.120. The van der Waals surface area contributed by atoms with Gasteiger partial charge in [0.05, 0.1) is 12.0 Å². The molecule has 3 aromatic rings. The zero-order valence-electron chi connectivity index (χ0n) is 16.6. The average molecular weight is 419 g/mol. The van der Waals surface area contributed by atoms with Gasteiger partial charge in [-0.25, -0.2) is 0 Å². The number of rotatable bonds is 4. The third kappa shape index (κ3) is 4.14. The summed E-state index contributed by atoms with van der Waals surface area (Å²) in [6, 6.07) is 18.1. The largest absolute Gasteiger partial charge is 0.452 e. The van der Waals surface area contributed by atoms with Crippen molar-refractivity contribution in [2.24, 2.45) is 0 Å². The molecule has 0 amide bonds. The van der Waals surface area contributed by atoms with E-state index < -0.39 is 5.97 Å². The van der Waals surface area contributed by atoms with E-state index in [1.807, 2.05) is 31.2 Å². The first kappa shape index (κ1) is 19.9. The van der Waals surface area contributed by atoms with Gasteiger partial charge in [-0.3, -0.25) is 9.59 Å². The standard InChI is InChI=1S/C25H19ClO4/c1-15-3-5-17(6-4-15)13-22-24(28)20-11-12-21(16(2)25(20)30-22)29-23(27)14-18-7-9-19(26)10-8-18/h3-13H,14H2,1-2H3/b22-13-. The van der Waals surface area contributed by atoms with Crippen molar-refractivity contribution in [2.45, 2.75) is 20.3 Å². The van der Waals surface area contributed by atoms with E-state index in [0.29, 0.717) is 27.6 Å². The molecule has 1 heterocycles. The molecule has 1 aliphatic rings. The Kier molecular flexibility index (Phi) is 5.42. The predicted octanol–water partition coefficient (Wildman–Crippen LogP) is 5.72. The number of halogens is 1. The number of hydrogen-bond donors (Lipinski definition) is 0. The van der Waals surface area contributed by atoms with Crippen LogP contribution in [0.2, 0.25) is 5.02 Å². The van der Waals surface area contributed by atoms with Gasteiger partial charge in [0.2, 0.25) is 5.78 Å². The normalized spacial score (nSPS) is 13.8. The van der Waals surface area contributed by atoms with E-state index in [1.165, 1.54) is 0 Å². The van der Waals surface area contributed by atoms with Gasteiger partial charge < -0.3 is 9.47 Å². The molecule has 3 aromatic carbocycles. The highest BCUT2D eigenvalue weighted by Crippen LogP contribution is 2.39. The molecule has 30 heavy (non-hydrogen) atoms. The topological polar surface area (TPSA) is 52.6 Å². The summed E-state index contributed by atoms with van der Waals surface area (Å²) in [5.74, 6) is 0.460. The lowest BCUT2D eigenvalue weighted by molar-refractivity contribution is -0.133. The lowest BCUT2D eigenvalue weighted by Gasteiger charge is -2.10. The lowest BCUT2D eigenvalue weighted by atomic mass is 10.1. The highest BCUT2D eigenvalue weighted by molar-refractivity contribution is 6.30. The van der Waals surface area contributed by atoms with Crippen LogP contribution in [0.3, 0.4) is 0 Å². The maximum atomic E-state index is 12.7. The van der Waals surface area contributed by atoms with Gasteiger partial charge in [0.1, 0.15) is 11.5 Å². The molecule has 4 rings (SSSR count). The maximum Gasteiger partial charge on any atom is 0.315 e. The highest BCUT2D eigenvalue weighted by Gasteiger charge is 2.30. The Bertz CT molecular complexity index is 1160. The number of ketones is 1. The van der Waals surface area contributed by atoms with Gasteiger partial charge >= 0.3 is 5.97 Å². The summed E-state index contributed by atoms with van der Waals surface area (Å²) in [5, 5.41) is 0.609. The third-order valence-corrected chi connectivity index (χ3v) is 5.15. The van der Waals surface area contributed by atoms with E-state index in [1.54, 1.807) is 49.4 Å². The van der Waals surface area contributed by atoms with Crippen molar-refractivity contribution in [2.75, 3.05) is 0 Å². The van der Waals surface area contributed by atoms with E-state index >= 15 is 0 Å². The van der Waals surface area contributed by atoms with Crippen molar-refractivity contribution in [1.29, 1.82) is 0 Å². The minimum absolute atomic E-state index is 0.117. The van der Waals surface area contributed by atoms with Gasteiger partial charge in [-0.1, -0.05) is 53.6 Å². The summed E-state index contributed by atoms with van der Waals surface area (Å²) in [4.78, 5) is 25.1. The first-order valence-corrected chi connectivity index (χ1v) is 9.88. The first-order valence-electron chi connectivity index (χ1n) is 9.50. The van der Waals surface area contributed by atoms with Crippen LogP contribution in [-0.2, 0) is 11.2 Å². The number of benzene rings is 3. The number of allylic oxidation sites excluding steroid dienone is 1. The van der Waals surface area contributed by atoms with Gasteiger partial charge in [-0.15, -0.1) is 0 Å². The molecule has 0 N–H and O–H groups in total. The minimum atomic E-state index is -0.403. The molecule has 0 aliphatic carbocycles. The molecule has 0 radical (unpaired) electrons. The van der Waals surface area contributed by atoms with E-state index in [-0.39, 0.29) is 18.0 Å². The molecular formula is C25H19ClO4. The maximum absolute atomic E-state index is 12.7. The summed E-state index contributed by atoms with van der Waals surface area (Å²) >= 11 is 5.87. The number of Topliss-reactive ketones (excluding diaryl/α,β-unsaturated/α-hetero) is 1. The Balaban J connectivity index is 1.53. The minimum Gasteiger partial charge on any atom is -0.452 e. The Morgan fingerprint density at radius 3 is 2.40 bits per heavy atom. The fourth-order valence-corrected chi connectivity index (χ4v) is 3.35. The molecule has 0 saturated carbocycles. The molecule has 4 nitrogen and oxygen atoms in total. The van der Waals surface area contributed by atoms with Crippen molar-refractivity contribution in [3.05, 3.63) is 99.3 Å². The van der Waals surface area contributed by atoms with Gasteiger partial charge in [0.15, 0.2) is 5.76 Å². The fourth-order valence-electron chi connectivity index (χ4n) is 3.22. The van der Waals surface area contributed by atoms with E-state index in [2.05, 4.69) is 0 Å². The SMILES string of the molecule is Cc1ccc(/C=C2\Oc3c(ccc(OC(=O)Cc4ccc(Cl)cc4)c3C)C2=O)cc1. The molecular weight excluding hydrogens is 400 g/mol. The van der Waals surface area contributed by atoms with Gasteiger partial charge in [0.25, 0.3) is 0 Å². The number of hydrogen-bond acceptors (Lipinski definition) is 4. The van der Waals surface area contributed by atoms with Gasteiger partial charge in [-0.05, 0) is 55.3 Å². The van der Waals surface area contributed by atoms with Crippen LogP contribution in [0.25, 0.3) is 6.08 Å². The van der Waals surface area contributed by atoms with Crippen LogP contribution in [0, 0.1) is 13.8 Å². The number of esters is 1. The number of carbonyl (C=O) groups excluding carboxylic acids is 2. The summed E-state index contributed by atoms with van der Waals surface area (Å²) in [6.07, 6.45) is 1.83. The molecule has 0 bridgehead atoms. The molecule has 5 heteroatoms. The number of carbonyl (C=O) groups is 2. The van der Waals surface area contributed by atoms with Crippen molar-refractivity contribution >= 4 is 29.4 Å².